The van der Waals surface area contributed by atoms with E-state index in [9.17, 15) is 8.42 Å². The average molecular weight is 484 g/mol. The van der Waals surface area contributed by atoms with Gasteiger partial charge in [-0.15, -0.1) is 0 Å². The van der Waals surface area contributed by atoms with E-state index < -0.39 is 10.0 Å². The van der Waals surface area contributed by atoms with E-state index in [1.165, 1.54) is 0 Å². The van der Waals surface area contributed by atoms with Gasteiger partial charge in [-0.2, -0.15) is 0 Å². The Morgan fingerprint density at radius 3 is 1.88 bits per heavy atom. The van der Waals surface area contributed by atoms with Crippen LogP contribution in [0.5, 0.6) is 0 Å². The molecule has 0 aliphatic rings. The fourth-order valence-corrected chi connectivity index (χ4v) is 3.76. The molecule has 0 aliphatic carbocycles. The zero-order valence-corrected chi connectivity index (χ0v) is 17.1. The second-order valence-corrected chi connectivity index (χ2v) is 8.50. The Bertz CT molecular complexity index is 915. The lowest BCUT2D eigenvalue weighted by molar-refractivity contribution is 0.601. The number of anilines is 2. The summed E-state index contributed by atoms with van der Waals surface area (Å²) in [5.41, 5.74) is 6.75. The standard InChI is InChI=1S/C12H10BrNO2S.C6H6BrN/c13-10-5-4-6-11(9-10)14-17(15,16)12-7-2-1-3-8-12;7-5-2-1-3-6(8)4-5/h1-9,14H;1-4H,8H2. The predicted octanol–water partition coefficient (Wildman–Crippen LogP) is 5.28. The second kappa shape index (κ2) is 9.03. The number of rotatable bonds is 3. The maximum Gasteiger partial charge on any atom is 0.261 e. The molecule has 4 nitrogen and oxygen atoms in total. The number of nitrogens with two attached hydrogens (primary N) is 1. The van der Waals surface area contributed by atoms with Gasteiger partial charge in [0.15, 0.2) is 0 Å². The third-order valence-electron chi connectivity index (χ3n) is 2.98. The summed E-state index contributed by atoms with van der Waals surface area (Å²) < 4.78 is 28.3. The molecule has 0 amide bonds. The summed E-state index contributed by atoms with van der Waals surface area (Å²) in [5, 5.41) is 0. The summed E-state index contributed by atoms with van der Waals surface area (Å²) in [5.74, 6) is 0. The van der Waals surface area contributed by atoms with E-state index in [-0.39, 0.29) is 4.90 Å². The molecule has 0 fully saturated rings. The zero-order chi connectivity index (χ0) is 18.3. The van der Waals surface area contributed by atoms with Crippen LogP contribution in [0.1, 0.15) is 0 Å². The van der Waals surface area contributed by atoms with Gasteiger partial charge in [0.25, 0.3) is 10.0 Å². The van der Waals surface area contributed by atoms with Gasteiger partial charge in [0.2, 0.25) is 0 Å². The van der Waals surface area contributed by atoms with E-state index in [4.69, 9.17) is 5.73 Å². The summed E-state index contributed by atoms with van der Waals surface area (Å²) in [6, 6.07) is 22.8. The molecule has 0 aliphatic heterocycles. The van der Waals surface area contributed by atoms with Crippen LogP contribution in [0.4, 0.5) is 11.4 Å². The van der Waals surface area contributed by atoms with Gasteiger partial charge in [0.05, 0.1) is 4.90 Å². The van der Waals surface area contributed by atoms with Crippen LogP contribution in [0.2, 0.25) is 0 Å². The van der Waals surface area contributed by atoms with E-state index in [1.54, 1.807) is 48.5 Å². The number of nitrogens with one attached hydrogen (secondary N) is 1. The van der Waals surface area contributed by atoms with Gasteiger partial charge in [-0.25, -0.2) is 8.42 Å². The van der Waals surface area contributed by atoms with Gasteiger partial charge in [0.1, 0.15) is 0 Å². The first-order chi connectivity index (χ1) is 11.9. The molecule has 130 valence electrons. The van der Waals surface area contributed by atoms with Crippen LogP contribution in [-0.4, -0.2) is 8.42 Å². The number of nitrogen functional groups attached to an aromatic ring is 1. The zero-order valence-electron chi connectivity index (χ0n) is 13.1. The van der Waals surface area contributed by atoms with Crippen LogP contribution in [-0.2, 0) is 10.0 Å². The van der Waals surface area contributed by atoms with Crippen LogP contribution in [0.3, 0.4) is 0 Å². The topological polar surface area (TPSA) is 72.2 Å². The largest absolute Gasteiger partial charge is 0.399 e. The smallest absolute Gasteiger partial charge is 0.261 e. The normalized spacial score (nSPS) is 10.5. The van der Waals surface area contributed by atoms with E-state index in [0.717, 1.165) is 14.6 Å². The van der Waals surface area contributed by atoms with Crippen LogP contribution in [0, 0.1) is 0 Å². The number of sulfonamides is 1. The van der Waals surface area contributed by atoms with Gasteiger partial charge >= 0.3 is 0 Å². The molecule has 0 aromatic heterocycles. The molecule has 3 rings (SSSR count). The molecular formula is C18H16Br2N2O2S. The van der Waals surface area contributed by atoms with Gasteiger partial charge in [-0.1, -0.05) is 62.2 Å². The van der Waals surface area contributed by atoms with Crippen LogP contribution < -0.4 is 10.5 Å². The summed E-state index contributed by atoms with van der Waals surface area (Å²) >= 11 is 6.57. The molecule has 0 saturated carbocycles. The fourth-order valence-electron chi connectivity index (χ4n) is 1.87. The predicted molar refractivity (Wildman–Crippen MR) is 110 cm³/mol. The number of hydrogen-bond donors (Lipinski definition) is 2. The lowest BCUT2D eigenvalue weighted by Gasteiger charge is -2.07. The molecule has 0 spiro atoms. The summed E-state index contributed by atoms with van der Waals surface area (Å²) in [6.45, 7) is 0. The minimum Gasteiger partial charge on any atom is -0.399 e. The number of benzene rings is 3. The lowest BCUT2D eigenvalue weighted by atomic mass is 10.3. The third-order valence-corrected chi connectivity index (χ3v) is 5.36. The Morgan fingerprint density at radius 2 is 1.36 bits per heavy atom. The first kappa shape index (κ1) is 19.5. The van der Waals surface area contributed by atoms with Gasteiger partial charge in [0, 0.05) is 20.3 Å². The molecule has 3 N–H and O–H groups in total. The van der Waals surface area contributed by atoms with Crippen molar-refractivity contribution < 1.29 is 8.42 Å². The molecule has 0 saturated heterocycles. The Kier molecular flexibility index (Phi) is 7.04. The van der Waals surface area contributed by atoms with E-state index in [2.05, 4.69) is 36.6 Å². The van der Waals surface area contributed by atoms with Crippen molar-refractivity contribution in [1.29, 1.82) is 0 Å². The summed E-state index contributed by atoms with van der Waals surface area (Å²) in [7, 11) is -3.50. The van der Waals surface area contributed by atoms with Gasteiger partial charge < -0.3 is 5.73 Å². The Morgan fingerprint density at radius 1 is 0.760 bits per heavy atom. The highest BCUT2D eigenvalue weighted by atomic mass is 79.9. The van der Waals surface area contributed by atoms with E-state index in [1.807, 2.05) is 30.3 Å². The maximum atomic E-state index is 12.0. The minimum atomic E-state index is -3.50. The Hall–Kier alpha value is -1.83. The van der Waals surface area contributed by atoms with Crippen molar-refractivity contribution in [3.63, 3.8) is 0 Å². The Balaban J connectivity index is 0.000000236. The van der Waals surface area contributed by atoms with Crippen LogP contribution in [0.25, 0.3) is 0 Å². The third kappa shape index (κ3) is 6.53. The van der Waals surface area contributed by atoms with Crippen molar-refractivity contribution >= 4 is 53.3 Å². The first-order valence-electron chi connectivity index (χ1n) is 7.21. The summed E-state index contributed by atoms with van der Waals surface area (Å²) in [4.78, 5) is 0.250. The van der Waals surface area contributed by atoms with E-state index >= 15 is 0 Å². The highest BCUT2D eigenvalue weighted by Crippen LogP contribution is 2.19. The molecule has 0 atom stereocenters. The molecule has 0 bridgehead atoms. The maximum absolute atomic E-state index is 12.0. The van der Waals surface area contributed by atoms with Crippen molar-refractivity contribution in [2.24, 2.45) is 0 Å². The minimum absolute atomic E-state index is 0.250. The molecule has 25 heavy (non-hydrogen) atoms. The molecule has 0 radical (unpaired) electrons. The highest BCUT2D eigenvalue weighted by Gasteiger charge is 2.12. The quantitative estimate of drug-likeness (QED) is 0.497. The van der Waals surface area contributed by atoms with Crippen molar-refractivity contribution in [3.05, 3.63) is 87.8 Å². The SMILES string of the molecule is Nc1cccc(Br)c1.O=S(=O)(Nc1cccc(Br)c1)c1ccccc1. The van der Waals surface area contributed by atoms with E-state index in [0.29, 0.717) is 5.69 Å². The molecule has 0 heterocycles. The highest BCUT2D eigenvalue weighted by molar-refractivity contribution is 9.10. The molecule has 0 unspecified atom stereocenters. The van der Waals surface area contributed by atoms with Crippen molar-refractivity contribution in [1.82, 2.24) is 0 Å². The molecule has 3 aromatic rings. The molecule has 3 aromatic carbocycles. The van der Waals surface area contributed by atoms with Crippen LogP contribution >= 0.6 is 31.9 Å². The number of hydrogen-bond acceptors (Lipinski definition) is 3. The number of halogens is 2. The molecule has 7 heteroatoms. The van der Waals surface area contributed by atoms with Crippen molar-refractivity contribution in [3.8, 4) is 0 Å². The first-order valence-corrected chi connectivity index (χ1v) is 10.3. The van der Waals surface area contributed by atoms with Gasteiger partial charge in [-0.3, -0.25) is 4.72 Å². The Labute approximate surface area is 164 Å². The van der Waals surface area contributed by atoms with Crippen LogP contribution in [0.15, 0.2) is 92.7 Å². The van der Waals surface area contributed by atoms with Crippen molar-refractivity contribution in [2.75, 3.05) is 10.5 Å². The second-order valence-electron chi connectivity index (χ2n) is 4.98. The summed E-state index contributed by atoms with van der Waals surface area (Å²) in [6.07, 6.45) is 0. The lowest BCUT2D eigenvalue weighted by Crippen LogP contribution is -2.12. The average Bonchev–Trinajstić information content (AvgIpc) is 2.56. The molecular weight excluding hydrogens is 468 g/mol. The fraction of sp³-hybridized carbons (Fsp3) is 0. The monoisotopic (exact) mass is 482 g/mol. The van der Waals surface area contributed by atoms with Gasteiger partial charge in [-0.05, 0) is 48.5 Å². The van der Waals surface area contributed by atoms with Crippen molar-refractivity contribution in [2.45, 2.75) is 4.90 Å².